The summed E-state index contributed by atoms with van der Waals surface area (Å²) in [5, 5.41) is 2.98. The molecule has 0 aromatic heterocycles. The molecule has 1 aromatic rings. The molecule has 2 amide bonds. The second-order valence-electron chi connectivity index (χ2n) is 5.89. The molecule has 1 aliphatic heterocycles. The fourth-order valence-corrected chi connectivity index (χ4v) is 2.33. The lowest BCUT2D eigenvalue weighted by atomic mass is 10.2. The van der Waals surface area contributed by atoms with Gasteiger partial charge in [0.1, 0.15) is 0 Å². The third-order valence-corrected chi connectivity index (χ3v) is 3.63. The van der Waals surface area contributed by atoms with E-state index in [0.717, 1.165) is 32.7 Å². The first-order valence-corrected chi connectivity index (χ1v) is 7.40. The van der Waals surface area contributed by atoms with Gasteiger partial charge < -0.3 is 15.1 Å². The zero-order valence-corrected chi connectivity index (χ0v) is 12.7. The smallest absolute Gasteiger partial charge is 0.317 e. The van der Waals surface area contributed by atoms with Gasteiger partial charge in [-0.05, 0) is 25.0 Å². The van der Waals surface area contributed by atoms with Crippen molar-refractivity contribution in [2.24, 2.45) is 5.92 Å². The summed E-state index contributed by atoms with van der Waals surface area (Å²) < 4.78 is 0. The van der Waals surface area contributed by atoms with E-state index in [1.807, 2.05) is 4.90 Å². The van der Waals surface area contributed by atoms with E-state index >= 15 is 0 Å². The fourth-order valence-electron chi connectivity index (χ4n) is 2.33. The van der Waals surface area contributed by atoms with Crippen molar-refractivity contribution in [1.82, 2.24) is 10.2 Å². The lowest BCUT2D eigenvalue weighted by molar-refractivity contribution is 0.193. The number of carbonyl (C=O) groups excluding carboxylic acids is 1. The molecule has 0 unspecified atom stereocenters. The van der Waals surface area contributed by atoms with Crippen LogP contribution in [0.3, 0.4) is 0 Å². The highest BCUT2D eigenvalue weighted by atomic mass is 16.2. The van der Waals surface area contributed by atoms with Crippen LogP contribution < -0.4 is 10.2 Å². The van der Waals surface area contributed by atoms with Crippen molar-refractivity contribution in [1.29, 1.82) is 0 Å². The van der Waals surface area contributed by atoms with E-state index in [9.17, 15) is 4.79 Å². The van der Waals surface area contributed by atoms with Gasteiger partial charge in [-0.3, -0.25) is 0 Å². The maximum Gasteiger partial charge on any atom is 0.317 e. The van der Waals surface area contributed by atoms with Gasteiger partial charge in [0.05, 0.1) is 0 Å². The van der Waals surface area contributed by atoms with E-state index in [0.29, 0.717) is 5.92 Å². The highest BCUT2D eigenvalue weighted by Crippen LogP contribution is 2.17. The number of nitrogens with one attached hydrogen (secondary N) is 1. The molecular weight excluding hydrogens is 250 g/mol. The number of aryl methyl sites for hydroxylation is 1. The Bertz CT molecular complexity index is 434. The SMILES string of the molecule is Cc1ccc(N2CCN(C(=O)NCC(C)C)CC2)cc1. The highest BCUT2D eigenvalue weighted by Gasteiger charge is 2.20. The van der Waals surface area contributed by atoms with Crippen molar-refractivity contribution in [3.63, 3.8) is 0 Å². The maximum atomic E-state index is 12.0. The summed E-state index contributed by atoms with van der Waals surface area (Å²) in [6.45, 7) is 10.4. The Morgan fingerprint density at radius 2 is 1.75 bits per heavy atom. The van der Waals surface area contributed by atoms with Crippen LogP contribution >= 0.6 is 0 Å². The van der Waals surface area contributed by atoms with Crippen LogP contribution in [-0.4, -0.2) is 43.7 Å². The first-order chi connectivity index (χ1) is 9.56. The quantitative estimate of drug-likeness (QED) is 0.920. The molecule has 20 heavy (non-hydrogen) atoms. The van der Waals surface area contributed by atoms with Crippen LogP contribution in [0.15, 0.2) is 24.3 Å². The number of nitrogens with zero attached hydrogens (tertiary/aromatic N) is 2. The van der Waals surface area contributed by atoms with Gasteiger partial charge >= 0.3 is 6.03 Å². The summed E-state index contributed by atoms with van der Waals surface area (Å²) in [5.41, 5.74) is 2.53. The molecule has 0 atom stereocenters. The van der Waals surface area contributed by atoms with E-state index in [2.05, 4.69) is 55.3 Å². The minimum atomic E-state index is 0.0715. The monoisotopic (exact) mass is 275 g/mol. The van der Waals surface area contributed by atoms with Gasteiger partial charge in [0.25, 0.3) is 0 Å². The highest BCUT2D eigenvalue weighted by molar-refractivity contribution is 5.74. The average molecular weight is 275 g/mol. The van der Waals surface area contributed by atoms with Crippen LogP contribution in [0.2, 0.25) is 0 Å². The molecule has 4 heteroatoms. The number of hydrogen-bond acceptors (Lipinski definition) is 2. The number of rotatable bonds is 3. The van der Waals surface area contributed by atoms with Crippen molar-refractivity contribution >= 4 is 11.7 Å². The topological polar surface area (TPSA) is 35.6 Å². The maximum absolute atomic E-state index is 12.0. The van der Waals surface area contributed by atoms with Crippen LogP contribution in [0.1, 0.15) is 19.4 Å². The first kappa shape index (κ1) is 14.7. The summed E-state index contributed by atoms with van der Waals surface area (Å²) in [5.74, 6) is 0.493. The van der Waals surface area contributed by atoms with Crippen LogP contribution in [0.4, 0.5) is 10.5 Å². The predicted molar refractivity (Wildman–Crippen MR) is 83.2 cm³/mol. The van der Waals surface area contributed by atoms with E-state index < -0.39 is 0 Å². The molecule has 0 spiro atoms. The minimum Gasteiger partial charge on any atom is -0.368 e. The third kappa shape index (κ3) is 3.89. The molecule has 110 valence electrons. The van der Waals surface area contributed by atoms with Crippen LogP contribution in [0.5, 0.6) is 0 Å². The lowest BCUT2D eigenvalue weighted by Gasteiger charge is -2.36. The molecule has 1 heterocycles. The Morgan fingerprint density at radius 3 is 2.30 bits per heavy atom. The van der Waals surface area contributed by atoms with E-state index in [4.69, 9.17) is 0 Å². The molecule has 0 bridgehead atoms. The Morgan fingerprint density at radius 1 is 1.15 bits per heavy atom. The molecule has 2 rings (SSSR count). The number of piperazine rings is 1. The molecule has 4 nitrogen and oxygen atoms in total. The molecule has 1 fully saturated rings. The van der Waals surface area contributed by atoms with Crippen LogP contribution in [0, 0.1) is 12.8 Å². The van der Waals surface area contributed by atoms with Crippen molar-refractivity contribution in [3.8, 4) is 0 Å². The van der Waals surface area contributed by atoms with Gasteiger partial charge in [0, 0.05) is 38.4 Å². The largest absolute Gasteiger partial charge is 0.368 e. The summed E-state index contributed by atoms with van der Waals surface area (Å²) >= 11 is 0. The second-order valence-corrected chi connectivity index (χ2v) is 5.89. The molecule has 1 saturated heterocycles. The molecule has 1 aromatic carbocycles. The fraction of sp³-hybridized carbons (Fsp3) is 0.562. The molecule has 0 aliphatic carbocycles. The van der Waals surface area contributed by atoms with Crippen LogP contribution in [-0.2, 0) is 0 Å². The second kappa shape index (κ2) is 6.64. The van der Waals surface area contributed by atoms with E-state index in [-0.39, 0.29) is 6.03 Å². The Hall–Kier alpha value is -1.71. The van der Waals surface area contributed by atoms with Crippen molar-refractivity contribution < 1.29 is 4.79 Å². The van der Waals surface area contributed by atoms with Crippen molar-refractivity contribution in [2.75, 3.05) is 37.6 Å². The Balaban J connectivity index is 1.83. The van der Waals surface area contributed by atoms with Gasteiger partial charge in [-0.2, -0.15) is 0 Å². The summed E-state index contributed by atoms with van der Waals surface area (Å²) in [7, 11) is 0. The minimum absolute atomic E-state index is 0.0715. The predicted octanol–water partition coefficient (Wildman–Crippen LogP) is 2.48. The Labute approximate surface area is 121 Å². The number of benzene rings is 1. The molecule has 0 radical (unpaired) electrons. The normalized spacial score (nSPS) is 15.6. The summed E-state index contributed by atoms with van der Waals surface area (Å²) in [6.07, 6.45) is 0. The Kier molecular flexibility index (Phi) is 4.88. The van der Waals surface area contributed by atoms with Gasteiger partial charge in [-0.1, -0.05) is 31.5 Å². The zero-order chi connectivity index (χ0) is 14.5. The molecule has 0 saturated carbocycles. The summed E-state index contributed by atoms with van der Waals surface area (Å²) in [4.78, 5) is 16.2. The third-order valence-electron chi connectivity index (χ3n) is 3.63. The van der Waals surface area contributed by atoms with Gasteiger partial charge in [0.2, 0.25) is 0 Å². The van der Waals surface area contributed by atoms with Gasteiger partial charge in [0.15, 0.2) is 0 Å². The number of urea groups is 1. The van der Waals surface area contributed by atoms with Crippen LogP contribution in [0.25, 0.3) is 0 Å². The molecule has 1 aliphatic rings. The average Bonchev–Trinajstić information content (AvgIpc) is 2.46. The standard InChI is InChI=1S/C16H25N3O/c1-13(2)12-17-16(20)19-10-8-18(9-11-19)15-6-4-14(3)5-7-15/h4-7,13H,8-12H2,1-3H3,(H,17,20). The molecular formula is C16H25N3O. The van der Waals surface area contributed by atoms with Crippen molar-refractivity contribution in [3.05, 3.63) is 29.8 Å². The number of anilines is 1. The number of hydrogen-bond donors (Lipinski definition) is 1. The van der Waals surface area contributed by atoms with Gasteiger partial charge in [-0.25, -0.2) is 4.79 Å². The van der Waals surface area contributed by atoms with E-state index in [1.165, 1.54) is 11.3 Å². The van der Waals surface area contributed by atoms with Crippen molar-refractivity contribution in [2.45, 2.75) is 20.8 Å². The molecule has 1 N–H and O–H groups in total. The first-order valence-electron chi connectivity index (χ1n) is 7.40. The lowest BCUT2D eigenvalue weighted by Crippen LogP contribution is -2.52. The van der Waals surface area contributed by atoms with Gasteiger partial charge in [-0.15, -0.1) is 0 Å². The number of carbonyl (C=O) groups is 1. The van der Waals surface area contributed by atoms with E-state index in [1.54, 1.807) is 0 Å². The number of amides is 2. The zero-order valence-electron chi connectivity index (χ0n) is 12.7. The summed E-state index contributed by atoms with van der Waals surface area (Å²) in [6, 6.07) is 8.66.